The third-order valence-electron chi connectivity index (χ3n) is 4.84. The highest BCUT2D eigenvalue weighted by molar-refractivity contribution is 5.98. The lowest BCUT2D eigenvalue weighted by Crippen LogP contribution is -2.67. The fraction of sp³-hybridized carbons (Fsp3) is 0.867. The highest BCUT2D eigenvalue weighted by atomic mass is 16.2. The molecule has 2 fully saturated rings. The first-order valence-corrected chi connectivity index (χ1v) is 7.75. The van der Waals surface area contributed by atoms with Gasteiger partial charge >= 0.3 is 0 Å². The quantitative estimate of drug-likeness (QED) is 0.796. The Balaban J connectivity index is 2.18. The van der Waals surface area contributed by atoms with Gasteiger partial charge in [-0.05, 0) is 25.7 Å². The number of nitrogens with zero attached hydrogens (tertiary/aromatic N) is 1. The van der Waals surface area contributed by atoms with Gasteiger partial charge in [0, 0.05) is 6.04 Å². The van der Waals surface area contributed by atoms with Gasteiger partial charge in [0.15, 0.2) is 0 Å². The molecule has 1 heterocycles. The minimum Gasteiger partial charge on any atom is -0.340 e. The van der Waals surface area contributed by atoms with E-state index in [1.807, 2.05) is 18.7 Å². The predicted molar refractivity (Wildman–Crippen MR) is 74.7 cm³/mol. The molecule has 1 saturated carbocycles. The van der Waals surface area contributed by atoms with Gasteiger partial charge in [-0.2, -0.15) is 0 Å². The molecule has 0 aromatic carbocycles. The molecule has 2 aliphatic rings. The Bertz CT molecular complexity index is 342. The van der Waals surface area contributed by atoms with Gasteiger partial charge in [-0.15, -0.1) is 0 Å². The van der Waals surface area contributed by atoms with Gasteiger partial charge in [0.25, 0.3) is 0 Å². The first-order chi connectivity index (χ1) is 9.13. The summed E-state index contributed by atoms with van der Waals surface area (Å²) in [7, 11) is 0. The highest BCUT2D eigenvalue weighted by Crippen LogP contribution is 2.28. The second-order valence-corrected chi connectivity index (χ2v) is 5.92. The van der Waals surface area contributed by atoms with Crippen molar-refractivity contribution in [1.29, 1.82) is 0 Å². The van der Waals surface area contributed by atoms with E-state index in [4.69, 9.17) is 0 Å². The maximum atomic E-state index is 12.8. The first-order valence-electron chi connectivity index (χ1n) is 7.75. The van der Waals surface area contributed by atoms with E-state index >= 15 is 0 Å². The van der Waals surface area contributed by atoms with Crippen LogP contribution in [-0.4, -0.2) is 34.8 Å². The largest absolute Gasteiger partial charge is 0.340 e. The standard InChI is InChI=1S/C15H26N2O2/c1-3-15(4-2)14(19)17(11-13(18)16-15)12-9-7-5-6-8-10-12/h12H,3-11H2,1-2H3,(H,16,18). The highest BCUT2D eigenvalue weighted by Gasteiger charge is 2.45. The number of nitrogens with one attached hydrogen (secondary N) is 1. The van der Waals surface area contributed by atoms with Gasteiger partial charge in [-0.1, -0.05) is 39.5 Å². The van der Waals surface area contributed by atoms with Crippen molar-refractivity contribution >= 4 is 11.8 Å². The monoisotopic (exact) mass is 266 g/mol. The molecule has 1 N–H and O–H groups in total. The summed E-state index contributed by atoms with van der Waals surface area (Å²) in [6, 6.07) is 0.276. The number of hydrogen-bond donors (Lipinski definition) is 1. The van der Waals surface area contributed by atoms with E-state index in [9.17, 15) is 9.59 Å². The van der Waals surface area contributed by atoms with Gasteiger partial charge in [0.05, 0.1) is 6.54 Å². The molecule has 4 nitrogen and oxygen atoms in total. The van der Waals surface area contributed by atoms with Gasteiger partial charge in [0.1, 0.15) is 5.54 Å². The maximum absolute atomic E-state index is 12.8. The van der Waals surface area contributed by atoms with Crippen LogP contribution in [0.3, 0.4) is 0 Å². The second kappa shape index (κ2) is 5.93. The number of carbonyl (C=O) groups excluding carboxylic acids is 2. The molecule has 108 valence electrons. The van der Waals surface area contributed by atoms with Crippen molar-refractivity contribution in [3.8, 4) is 0 Å². The molecule has 0 radical (unpaired) electrons. The Morgan fingerprint density at radius 1 is 1.11 bits per heavy atom. The first kappa shape index (κ1) is 14.4. The summed E-state index contributed by atoms with van der Waals surface area (Å²) in [5, 5.41) is 2.93. The zero-order valence-electron chi connectivity index (χ0n) is 12.2. The number of rotatable bonds is 3. The summed E-state index contributed by atoms with van der Waals surface area (Å²) in [4.78, 5) is 26.6. The van der Waals surface area contributed by atoms with Crippen molar-refractivity contribution in [3.63, 3.8) is 0 Å². The SMILES string of the molecule is CCC1(CC)NC(=O)CN(C2CCCCCC2)C1=O. The second-order valence-electron chi connectivity index (χ2n) is 5.92. The summed E-state index contributed by atoms with van der Waals surface area (Å²) >= 11 is 0. The minimum atomic E-state index is -0.651. The zero-order valence-corrected chi connectivity index (χ0v) is 12.2. The Kier molecular flexibility index (Phi) is 4.48. The predicted octanol–water partition coefficient (Wildman–Crippen LogP) is 2.23. The number of hydrogen-bond acceptors (Lipinski definition) is 2. The van der Waals surface area contributed by atoms with Crippen LogP contribution >= 0.6 is 0 Å². The van der Waals surface area contributed by atoms with Crippen LogP contribution in [-0.2, 0) is 9.59 Å². The van der Waals surface area contributed by atoms with E-state index in [2.05, 4.69) is 5.32 Å². The van der Waals surface area contributed by atoms with Crippen molar-refractivity contribution in [1.82, 2.24) is 10.2 Å². The van der Waals surface area contributed by atoms with E-state index in [1.54, 1.807) is 0 Å². The molecule has 2 rings (SSSR count). The average Bonchev–Trinajstić information content (AvgIpc) is 2.70. The Labute approximate surface area is 115 Å². The van der Waals surface area contributed by atoms with E-state index in [-0.39, 0.29) is 24.4 Å². The number of carbonyl (C=O) groups is 2. The molecular weight excluding hydrogens is 240 g/mol. The van der Waals surface area contributed by atoms with Crippen LogP contribution in [0.1, 0.15) is 65.2 Å². The van der Waals surface area contributed by atoms with E-state index in [0.717, 1.165) is 12.8 Å². The third kappa shape index (κ3) is 2.77. The Morgan fingerprint density at radius 3 is 2.21 bits per heavy atom. The van der Waals surface area contributed by atoms with Gasteiger partial charge in [-0.25, -0.2) is 0 Å². The molecule has 0 bridgehead atoms. The van der Waals surface area contributed by atoms with E-state index in [0.29, 0.717) is 12.8 Å². The fourth-order valence-corrected chi connectivity index (χ4v) is 3.45. The van der Waals surface area contributed by atoms with Crippen molar-refractivity contribution in [2.75, 3.05) is 6.54 Å². The zero-order chi connectivity index (χ0) is 13.9. The summed E-state index contributed by atoms with van der Waals surface area (Å²) in [5.41, 5.74) is -0.651. The molecule has 0 spiro atoms. The smallest absolute Gasteiger partial charge is 0.249 e. The van der Waals surface area contributed by atoms with Gasteiger partial charge in [0.2, 0.25) is 11.8 Å². The molecule has 19 heavy (non-hydrogen) atoms. The summed E-state index contributed by atoms with van der Waals surface area (Å²) in [6.45, 7) is 4.22. The molecule has 1 saturated heterocycles. The van der Waals surface area contributed by atoms with Crippen molar-refractivity contribution < 1.29 is 9.59 Å². The lowest BCUT2D eigenvalue weighted by atomic mass is 9.87. The average molecular weight is 266 g/mol. The Hall–Kier alpha value is -1.06. The number of amides is 2. The van der Waals surface area contributed by atoms with Crippen molar-refractivity contribution in [2.24, 2.45) is 0 Å². The fourth-order valence-electron chi connectivity index (χ4n) is 3.45. The molecule has 1 aliphatic heterocycles. The summed E-state index contributed by atoms with van der Waals surface area (Å²) < 4.78 is 0. The molecule has 0 aromatic rings. The maximum Gasteiger partial charge on any atom is 0.249 e. The lowest BCUT2D eigenvalue weighted by molar-refractivity contribution is -0.153. The van der Waals surface area contributed by atoms with Crippen molar-refractivity contribution in [2.45, 2.75) is 76.8 Å². The molecule has 4 heteroatoms. The van der Waals surface area contributed by atoms with Crippen LogP contribution in [0.15, 0.2) is 0 Å². The van der Waals surface area contributed by atoms with E-state index < -0.39 is 5.54 Å². The Morgan fingerprint density at radius 2 is 1.68 bits per heavy atom. The molecular formula is C15H26N2O2. The van der Waals surface area contributed by atoms with Crippen LogP contribution in [0.25, 0.3) is 0 Å². The van der Waals surface area contributed by atoms with Crippen LogP contribution in [0.2, 0.25) is 0 Å². The normalized spacial score (nSPS) is 25.1. The van der Waals surface area contributed by atoms with Gasteiger partial charge in [-0.3, -0.25) is 9.59 Å². The minimum absolute atomic E-state index is 0.00699. The lowest BCUT2D eigenvalue weighted by Gasteiger charge is -2.44. The molecule has 1 aliphatic carbocycles. The molecule has 0 unspecified atom stereocenters. The summed E-state index contributed by atoms with van der Waals surface area (Å²) in [5.74, 6) is 0.150. The molecule has 0 atom stereocenters. The van der Waals surface area contributed by atoms with E-state index in [1.165, 1.54) is 25.7 Å². The van der Waals surface area contributed by atoms with Crippen LogP contribution in [0, 0.1) is 0 Å². The molecule has 2 amide bonds. The number of piperazine rings is 1. The van der Waals surface area contributed by atoms with Gasteiger partial charge < -0.3 is 10.2 Å². The van der Waals surface area contributed by atoms with Crippen LogP contribution in [0.4, 0.5) is 0 Å². The van der Waals surface area contributed by atoms with Crippen molar-refractivity contribution in [3.05, 3.63) is 0 Å². The molecule has 0 aromatic heterocycles. The van der Waals surface area contributed by atoms with Crippen LogP contribution < -0.4 is 5.32 Å². The summed E-state index contributed by atoms with van der Waals surface area (Å²) in [6.07, 6.45) is 8.36. The topological polar surface area (TPSA) is 49.4 Å². The third-order valence-corrected chi connectivity index (χ3v) is 4.84. The van der Waals surface area contributed by atoms with Crippen LogP contribution in [0.5, 0.6) is 0 Å².